The quantitative estimate of drug-likeness (QED) is 0.152. The Balaban J connectivity index is 1.19. The van der Waals surface area contributed by atoms with E-state index in [1.165, 1.54) is 21.5 Å². The average Bonchev–Trinajstić information content (AvgIpc) is 3.42. The molecular weight excluding hydrogens is 630 g/mol. The number of hydrogen-bond acceptors (Lipinski definition) is 4. The van der Waals surface area contributed by atoms with Crippen LogP contribution >= 0.6 is 14.8 Å². The molecule has 11 rings (SSSR count). The number of benzene rings is 8. The van der Waals surface area contributed by atoms with Gasteiger partial charge in [-0.1, -0.05) is 0 Å². The molecule has 2 spiro atoms. The van der Waals surface area contributed by atoms with Crippen LogP contribution in [0.1, 0.15) is 0 Å². The van der Waals surface area contributed by atoms with E-state index in [0.717, 1.165) is 79.1 Å². The summed E-state index contributed by atoms with van der Waals surface area (Å²) < 4.78 is 29.6. The molecule has 0 aromatic heterocycles. The van der Waals surface area contributed by atoms with E-state index < -0.39 is 14.8 Å². The van der Waals surface area contributed by atoms with Crippen molar-refractivity contribution in [2.75, 3.05) is 12.3 Å². The van der Waals surface area contributed by atoms with Crippen LogP contribution in [0.25, 0.3) is 65.3 Å². The third-order valence-corrected chi connectivity index (χ3v) is 22.4. The fourth-order valence-corrected chi connectivity index (χ4v) is 18.8. The van der Waals surface area contributed by atoms with Gasteiger partial charge in [-0.2, -0.15) is 0 Å². The van der Waals surface area contributed by atoms with Gasteiger partial charge in [0.05, 0.1) is 0 Å². The second kappa shape index (κ2) is 9.70. The van der Waals surface area contributed by atoms with Gasteiger partial charge in [0.2, 0.25) is 0 Å². The predicted octanol–water partition coefficient (Wildman–Crippen LogP) is 12.0. The normalized spacial score (nSPS) is 17.7. The van der Waals surface area contributed by atoms with Crippen LogP contribution in [-0.2, 0) is 0 Å². The summed E-state index contributed by atoms with van der Waals surface area (Å²) in [6, 6.07) is 51.4. The van der Waals surface area contributed by atoms with Crippen molar-refractivity contribution in [1.82, 2.24) is 0 Å². The Morgan fingerprint density at radius 2 is 0.542 bits per heavy atom. The van der Waals surface area contributed by atoms with Crippen molar-refractivity contribution in [3.05, 3.63) is 146 Å². The van der Waals surface area contributed by atoms with E-state index in [-0.39, 0.29) is 0 Å². The molecule has 232 valence electrons. The summed E-state index contributed by atoms with van der Waals surface area (Å²) in [7, 11) is -6.43. The van der Waals surface area contributed by atoms with Crippen LogP contribution < -0.4 is 18.1 Å². The summed E-state index contributed by atoms with van der Waals surface area (Å²) in [5, 5.41) is 9.26. The molecule has 0 aliphatic carbocycles. The maximum absolute atomic E-state index is 7.40. The van der Waals surface area contributed by atoms with Crippen LogP contribution in [-0.4, -0.2) is 12.3 Å². The van der Waals surface area contributed by atoms with E-state index >= 15 is 0 Å². The van der Waals surface area contributed by atoms with E-state index in [0.29, 0.717) is 0 Å². The zero-order chi connectivity index (χ0) is 31.5. The third kappa shape index (κ3) is 3.57. The molecule has 8 aromatic rings. The second-order valence-corrected chi connectivity index (χ2v) is 22.5. The van der Waals surface area contributed by atoms with E-state index in [1.807, 2.05) is 0 Å². The van der Waals surface area contributed by atoms with Gasteiger partial charge in [-0.05, 0) is 0 Å². The summed E-state index contributed by atoms with van der Waals surface area (Å²) in [5.41, 5.74) is 4.30. The molecule has 3 aliphatic rings. The van der Waals surface area contributed by atoms with Gasteiger partial charge in [0.1, 0.15) is 0 Å². The molecule has 0 saturated carbocycles. The van der Waals surface area contributed by atoms with Crippen LogP contribution in [0.5, 0.6) is 23.0 Å². The standard InChI is InChI=1S/C42H30O4P2/c1-5-13-31-27(9-1)17-21-35-39(31)40-32-14-6-2-10-28(32)18-22-36(40)44-47(43-35)25-26-48(47)45-37-23-19-29-11-3-7-15-33(29)41(37)42-34-16-8-4-12-30(34)20-24-38(42)46-48/h1-24,47-48H,25-26H2. The van der Waals surface area contributed by atoms with Gasteiger partial charge >= 0.3 is 279 Å². The molecule has 1 saturated heterocycles. The molecule has 6 heteroatoms. The first kappa shape index (κ1) is 26.9. The van der Waals surface area contributed by atoms with Crippen molar-refractivity contribution < 1.29 is 18.1 Å². The van der Waals surface area contributed by atoms with Gasteiger partial charge in [-0.3, -0.25) is 0 Å². The Labute approximate surface area is 278 Å². The van der Waals surface area contributed by atoms with Gasteiger partial charge in [0, 0.05) is 0 Å². The molecule has 3 aliphatic heterocycles. The topological polar surface area (TPSA) is 36.9 Å². The Bertz CT molecular complexity index is 2310. The van der Waals surface area contributed by atoms with Gasteiger partial charge in [-0.15, -0.1) is 0 Å². The summed E-state index contributed by atoms with van der Waals surface area (Å²) >= 11 is 0. The van der Waals surface area contributed by atoms with Gasteiger partial charge in [0.25, 0.3) is 0 Å². The van der Waals surface area contributed by atoms with Gasteiger partial charge in [0.15, 0.2) is 0 Å². The molecule has 0 bridgehead atoms. The fraction of sp³-hybridized carbons (Fsp3) is 0.0476. The molecule has 0 atom stereocenters. The van der Waals surface area contributed by atoms with Crippen LogP contribution in [0.2, 0.25) is 0 Å². The first-order valence-electron chi connectivity index (χ1n) is 16.5. The molecule has 0 N–H and O–H groups in total. The Morgan fingerprint density at radius 1 is 0.292 bits per heavy atom. The molecule has 4 nitrogen and oxygen atoms in total. The number of hydrogen-bond donors (Lipinski definition) is 0. The first-order chi connectivity index (χ1) is 23.7. The molecule has 1 fully saturated rings. The summed E-state index contributed by atoms with van der Waals surface area (Å²) in [6.07, 6.45) is 1.56. The maximum atomic E-state index is 7.40. The minimum atomic E-state index is -3.22. The van der Waals surface area contributed by atoms with Crippen LogP contribution in [0.15, 0.2) is 146 Å². The van der Waals surface area contributed by atoms with Crippen LogP contribution in [0.4, 0.5) is 0 Å². The molecule has 3 heterocycles. The van der Waals surface area contributed by atoms with Crippen LogP contribution in [0.3, 0.4) is 0 Å². The molecular formula is C42H30O4P2. The van der Waals surface area contributed by atoms with E-state index in [9.17, 15) is 0 Å². The zero-order valence-corrected chi connectivity index (χ0v) is 27.9. The molecule has 8 aromatic carbocycles. The van der Waals surface area contributed by atoms with Crippen molar-refractivity contribution in [3.63, 3.8) is 0 Å². The van der Waals surface area contributed by atoms with E-state index in [2.05, 4.69) is 146 Å². The van der Waals surface area contributed by atoms with E-state index in [4.69, 9.17) is 18.1 Å². The molecule has 48 heavy (non-hydrogen) atoms. The predicted molar refractivity (Wildman–Crippen MR) is 203 cm³/mol. The Morgan fingerprint density at radius 3 is 0.792 bits per heavy atom. The number of fused-ring (bicyclic) bond motifs is 15. The summed E-state index contributed by atoms with van der Waals surface area (Å²) in [4.78, 5) is 0. The SMILES string of the molecule is c1ccc2c3c(ccc2c1)O[PH]1(CC[PH]12Oc1ccc4ccccc4c1-c1c(ccc4ccccc14)O2)Oc1ccc2ccccc2c1-3. The summed E-state index contributed by atoms with van der Waals surface area (Å²) in [5.74, 6) is 3.37. The number of rotatable bonds is 0. The van der Waals surface area contributed by atoms with Crippen molar-refractivity contribution >= 4 is 57.9 Å². The molecule has 0 amide bonds. The van der Waals surface area contributed by atoms with Gasteiger partial charge < -0.3 is 0 Å². The van der Waals surface area contributed by atoms with Crippen molar-refractivity contribution in [2.24, 2.45) is 0 Å². The Kier molecular flexibility index (Phi) is 5.43. The average molecular weight is 661 g/mol. The zero-order valence-electron chi connectivity index (χ0n) is 25.9. The monoisotopic (exact) mass is 660 g/mol. The first-order valence-corrected chi connectivity index (χ1v) is 21.6. The summed E-state index contributed by atoms with van der Waals surface area (Å²) in [6.45, 7) is 0. The van der Waals surface area contributed by atoms with Crippen molar-refractivity contribution in [3.8, 4) is 45.3 Å². The van der Waals surface area contributed by atoms with Crippen molar-refractivity contribution in [1.29, 1.82) is 0 Å². The Hall–Kier alpha value is -5.14. The molecule has 0 unspecified atom stereocenters. The fourth-order valence-electron chi connectivity index (χ4n) is 8.18. The van der Waals surface area contributed by atoms with Crippen molar-refractivity contribution in [2.45, 2.75) is 0 Å². The molecule has 0 radical (unpaired) electrons. The minimum absolute atomic E-state index is 0.781. The van der Waals surface area contributed by atoms with Crippen LogP contribution in [0, 0.1) is 0 Å². The van der Waals surface area contributed by atoms with E-state index in [1.54, 1.807) is 0 Å². The second-order valence-electron chi connectivity index (χ2n) is 13.1. The van der Waals surface area contributed by atoms with Gasteiger partial charge in [-0.25, -0.2) is 0 Å². The third-order valence-electron chi connectivity index (χ3n) is 10.5.